The van der Waals surface area contributed by atoms with Gasteiger partial charge in [-0.2, -0.15) is 0 Å². The van der Waals surface area contributed by atoms with E-state index < -0.39 is 0 Å². The van der Waals surface area contributed by atoms with Gasteiger partial charge in [0.1, 0.15) is 0 Å². The maximum atomic E-state index is 4.19. The Morgan fingerprint density at radius 1 is 0.826 bits per heavy atom. The van der Waals surface area contributed by atoms with Crippen LogP contribution < -0.4 is 0 Å². The third-order valence-electron chi connectivity index (χ3n) is 4.50. The minimum absolute atomic E-state index is 1.05. The highest BCUT2D eigenvalue weighted by Gasteiger charge is 2.14. The molecule has 3 rings (SSSR count). The Hall–Kier alpha value is -1.78. The molecule has 1 aliphatic heterocycles. The van der Waals surface area contributed by atoms with E-state index in [1.807, 2.05) is 30.9 Å². The number of aryl methyl sites for hydroxylation is 1. The zero-order valence-corrected chi connectivity index (χ0v) is 13.8. The fourth-order valence-electron chi connectivity index (χ4n) is 3.21. The van der Waals surface area contributed by atoms with Crippen LogP contribution in [-0.4, -0.2) is 52.5 Å². The number of pyridine rings is 2. The van der Waals surface area contributed by atoms with Gasteiger partial charge in [-0.15, -0.1) is 0 Å². The summed E-state index contributed by atoms with van der Waals surface area (Å²) >= 11 is 0. The van der Waals surface area contributed by atoms with E-state index >= 15 is 0 Å². The summed E-state index contributed by atoms with van der Waals surface area (Å²) in [5.41, 5.74) is 2.71. The fourth-order valence-corrected chi connectivity index (χ4v) is 3.21. The summed E-state index contributed by atoms with van der Waals surface area (Å²) in [7, 11) is 0. The van der Waals surface area contributed by atoms with Crippen molar-refractivity contribution in [2.75, 3.05) is 32.7 Å². The van der Waals surface area contributed by atoms with Gasteiger partial charge in [0.25, 0.3) is 0 Å². The second-order valence-electron chi connectivity index (χ2n) is 6.29. The zero-order chi connectivity index (χ0) is 15.7. The molecule has 0 atom stereocenters. The lowest BCUT2D eigenvalue weighted by molar-refractivity contribution is 0.250. The van der Waals surface area contributed by atoms with Gasteiger partial charge in [-0.1, -0.05) is 6.07 Å². The summed E-state index contributed by atoms with van der Waals surface area (Å²) in [6.07, 6.45) is 11.2. The molecule has 122 valence electrons. The summed E-state index contributed by atoms with van der Waals surface area (Å²) in [5, 5.41) is 0. The summed E-state index contributed by atoms with van der Waals surface area (Å²) in [6.45, 7) is 7.00. The van der Waals surface area contributed by atoms with E-state index in [9.17, 15) is 0 Å². The molecule has 3 heterocycles. The van der Waals surface area contributed by atoms with Gasteiger partial charge in [-0.25, -0.2) is 0 Å². The molecule has 2 aromatic heterocycles. The zero-order valence-electron chi connectivity index (χ0n) is 13.8. The number of rotatable bonds is 6. The second-order valence-corrected chi connectivity index (χ2v) is 6.29. The number of hydrogen-bond donors (Lipinski definition) is 0. The summed E-state index contributed by atoms with van der Waals surface area (Å²) in [6, 6.07) is 8.44. The van der Waals surface area contributed by atoms with Crippen LogP contribution in [-0.2, 0) is 13.0 Å². The van der Waals surface area contributed by atoms with E-state index in [-0.39, 0.29) is 0 Å². The van der Waals surface area contributed by atoms with E-state index in [4.69, 9.17) is 0 Å². The first-order valence-electron chi connectivity index (χ1n) is 8.63. The van der Waals surface area contributed by atoms with Crippen LogP contribution in [0, 0.1) is 0 Å². The lowest BCUT2D eigenvalue weighted by Gasteiger charge is -2.21. The Morgan fingerprint density at radius 2 is 1.65 bits per heavy atom. The smallest absolute Gasteiger partial charge is 0.0299 e. The first kappa shape index (κ1) is 16.1. The molecule has 1 fully saturated rings. The third-order valence-corrected chi connectivity index (χ3v) is 4.50. The van der Waals surface area contributed by atoms with Crippen molar-refractivity contribution in [3.63, 3.8) is 0 Å². The Balaban J connectivity index is 1.40. The van der Waals surface area contributed by atoms with Gasteiger partial charge in [0.15, 0.2) is 0 Å². The lowest BCUT2D eigenvalue weighted by Crippen LogP contribution is -2.31. The van der Waals surface area contributed by atoms with Crippen molar-refractivity contribution < 1.29 is 0 Å². The molecule has 0 saturated carbocycles. The van der Waals surface area contributed by atoms with E-state index in [1.54, 1.807) is 0 Å². The monoisotopic (exact) mass is 310 g/mol. The molecule has 4 nitrogen and oxygen atoms in total. The molecule has 0 spiro atoms. The molecule has 1 saturated heterocycles. The second kappa shape index (κ2) is 8.75. The SMILES string of the molecule is c1cncc(CCCN2CCCN(Cc3ccncc3)CC2)c1. The Kier molecular flexibility index (Phi) is 6.12. The van der Waals surface area contributed by atoms with E-state index in [0.717, 1.165) is 19.5 Å². The van der Waals surface area contributed by atoms with Crippen molar-refractivity contribution in [3.8, 4) is 0 Å². The fraction of sp³-hybridized carbons (Fsp3) is 0.474. The predicted octanol–water partition coefficient (Wildman–Crippen LogP) is 2.62. The number of aromatic nitrogens is 2. The van der Waals surface area contributed by atoms with Crippen LogP contribution in [0.15, 0.2) is 49.1 Å². The molecule has 0 radical (unpaired) electrons. The Bertz CT molecular complexity index is 558. The van der Waals surface area contributed by atoms with Crippen LogP contribution in [0.3, 0.4) is 0 Å². The average molecular weight is 310 g/mol. The lowest BCUT2D eigenvalue weighted by atomic mass is 10.1. The van der Waals surface area contributed by atoms with Crippen molar-refractivity contribution in [3.05, 3.63) is 60.2 Å². The molecule has 23 heavy (non-hydrogen) atoms. The van der Waals surface area contributed by atoms with Crippen molar-refractivity contribution in [2.45, 2.75) is 25.8 Å². The van der Waals surface area contributed by atoms with Crippen molar-refractivity contribution in [2.24, 2.45) is 0 Å². The van der Waals surface area contributed by atoms with Gasteiger partial charge in [-0.3, -0.25) is 14.9 Å². The molecule has 0 amide bonds. The molecular weight excluding hydrogens is 284 g/mol. The van der Waals surface area contributed by atoms with Crippen LogP contribution in [0.25, 0.3) is 0 Å². The minimum atomic E-state index is 1.05. The highest BCUT2D eigenvalue weighted by atomic mass is 15.2. The Morgan fingerprint density at radius 3 is 2.48 bits per heavy atom. The van der Waals surface area contributed by atoms with Gasteiger partial charge in [0, 0.05) is 44.4 Å². The summed E-state index contributed by atoms with van der Waals surface area (Å²) in [4.78, 5) is 13.5. The first-order chi connectivity index (χ1) is 11.4. The maximum absolute atomic E-state index is 4.19. The molecule has 4 heteroatoms. The van der Waals surface area contributed by atoms with Gasteiger partial charge < -0.3 is 4.90 Å². The third kappa shape index (κ3) is 5.41. The molecule has 0 aliphatic carbocycles. The first-order valence-corrected chi connectivity index (χ1v) is 8.63. The molecule has 0 bridgehead atoms. The molecule has 1 aliphatic rings. The minimum Gasteiger partial charge on any atom is -0.302 e. The molecular formula is C19H26N4. The predicted molar refractivity (Wildman–Crippen MR) is 93.1 cm³/mol. The van der Waals surface area contributed by atoms with Crippen molar-refractivity contribution in [1.29, 1.82) is 0 Å². The standard InChI is InChI=1S/C19H26N4/c1-4-18(16-21-8-1)5-2-11-22-12-3-13-23(15-14-22)17-19-6-9-20-10-7-19/h1,4,6-10,16H,2-3,5,11-15,17H2. The van der Waals surface area contributed by atoms with Crippen LogP contribution in [0.1, 0.15) is 24.0 Å². The molecule has 0 aromatic carbocycles. The quantitative estimate of drug-likeness (QED) is 0.821. The van der Waals surface area contributed by atoms with Gasteiger partial charge >= 0.3 is 0 Å². The Labute approximate surface area is 139 Å². The van der Waals surface area contributed by atoms with Gasteiger partial charge in [-0.05, 0) is 68.2 Å². The maximum Gasteiger partial charge on any atom is 0.0299 e. The van der Waals surface area contributed by atoms with E-state index in [1.165, 1.54) is 50.1 Å². The highest BCUT2D eigenvalue weighted by molar-refractivity contribution is 5.09. The van der Waals surface area contributed by atoms with Crippen molar-refractivity contribution >= 4 is 0 Å². The number of nitrogens with zero attached hydrogens (tertiary/aromatic N) is 4. The van der Waals surface area contributed by atoms with Gasteiger partial charge in [0.05, 0.1) is 0 Å². The van der Waals surface area contributed by atoms with Crippen LogP contribution in [0.4, 0.5) is 0 Å². The number of hydrogen-bond acceptors (Lipinski definition) is 4. The highest BCUT2D eigenvalue weighted by Crippen LogP contribution is 2.09. The summed E-state index contributed by atoms with van der Waals surface area (Å²) in [5.74, 6) is 0. The average Bonchev–Trinajstić information content (AvgIpc) is 2.82. The van der Waals surface area contributed by atoms with E-state index in [2.05, 4.69) is 38.0 Å². The van der Waals surface area contributed by atoms with Crippen LogP contribution in [0.5, 0.6) is 0 Å². The summed E-state index contributed by atoms with van der Waals surface area (Å²) < 4.78 is 0. The van der Waals surface area contributed by atoms with Gasteiger partial charge in [0.2, 0.25) is 0 Å². The topological polar surface area (TPSA) is 32.3 Å². The molecule has 2 aromatic rings. The normalized spacial score (nSPS) is 17.0. The largest absolute Gasteiger partial charge is 0.302 e. The van der Waals surface area contributed by atoms with E-state index in [0.29, 0.717) is 0 Å². The molecule has 0 N–H and O–H groups in total. The van der Waals surface area contributed by atoms with Crippen LogP contribution >= 0.6 is 0 Å². The van der Waals surface area contributed by atoms with Crippen LogP contribution in [0.2, 0.25) is 0 Å². The van der Waals surface area contributed by atoms with Crippen molar-refractivity contribution in [1.82, 2.24) is 19.8 Å². The molecule has 0 unspecified atom stereocenters.